The number of rotatable bonds is 2. The van der Waals surface area contributed by atoms with Crippen LogP contribution in [0.4, 0.5) is 4.39 Å². The van der Waals surface area contributed by atoms with Crippen molar-refractivity contribution in [2.24, 2.45) is 0 Å². The summed E-state index contributed by atoms with van der Waals surface area (Å²) < 4.78 is 12.8. The Bertz CT molecular complexity index is 604. The quantitative estimate of drug-likeness (QED) is 0.680. The van der Waals surface area contributed by atoms with Gasteiger partial charge in [-0.15, -0.1) is 0 Å². The Morgan fingerprint density at radius 1 is 0.941 bits per heavy atom. The van der Waals surface area contributed by atoms with Crippen molar-refractivity contribution in [2.75, 3.05) is 0 Å². The molecule has 1 nitrogen and oxygen atoms in total. The number of para-hydroxylation sites is 1. The molecule has 1 heterocycles. The molecule has 0 saturated carbocycles. The predicted octanol–water partition coefficient (Wildman–Crippen LogP) is 3.90. The Morgan fingerprint density at radius 2 is 1.71 bits per heavy atom. The zero-order valence-corrected chi connectivity index (χ0v) is 9.28. The SMILES string of the molecule is Fc1ccc(Cc2cc3ccccc3[nH]2)cc1. The first-order valence-corrected chi connectivity index (χ1v) is 5.62. The highest BCUT2D eigenvalue weighted by atomic mass is 19.1. The lowest BCUT2D eigenvalue weighted by molar-refractivity contribution is 0.627. The maximum Gasteiger partial charge on any atom is 0.123 e. The van der Waals surface area contributed by atoms with E-state index in [2.05, 4.69) is 23.2 Å². The molecule has 0 bridgehead atoms. The van der Waals surface area contributed by atoms with Crippen molar-refractivity contribution in [1.29, 1.82) is 0 Å². The van der Waals surface area contributed by atoms with Crippen LogP contribution in [0, 0.1) is 5.82 Å². The molecule has 0 amide bonds. The second-order valence-electron chi connectivity index (χ2n) is 4.19. The molecule has 0 atom stereocenters. The van der Waals surface area contributed by atoms with E-state index < -0.39 is 0 Å². The Hall–Kier alpha value is -2.09. The summed E-state index contributed by atoms with van der Waals surface area (Å²) in [5, 5.41) is 1.21. The third-order valence-corrected chi connectivity index (χ3v) is 2.89. The van der Waals surface area contributed by atoms with Crippen LogP contribution in [-0.2, 0) is 6.42 Å². The van der Waals surface area contributed by atoms with Crippen molar-refractivity contribution in [3.63, 3.8) is 0 Å². The molecule has 0 unspecified atom stereocenters. The molecule has 0 saturated heterocycles. The molecule has 1 N–H and O–H groups in total. The van der Waals surface area contributed by atoms with E-state index in [0.29, 0.717) is 0 Å². The Morgan fingerprint density at radius 3 is 2.47 bits per heavy atom. The summed E-state index contributed by atoms with van der Waals surface area (Å²) in [6, 6.07) is 17.0. The maximum atomic E-state index is 12.8. The second-order valence-corrected chi connectivity index (χ2v) is 4.19. The molecule has 0 spiro atoms. The highest BCUT2D eigenvalue weighted by Crippen LogP contribution is 2.17. The number of aromatic nitrogens is 1. The molecule has 17 heavy (non-hydrogen) atoms. The molecule has 3 rings (SSSR count). The Balaban J connectivity index is 1.92. The van der Waals surface area contributed by atoms with Crippen molar-refractivity contribution >= 4 is 10.9 Å². The molecule has 2 heteroatoms. The van der Waals surface area contributed by atoms with Gasteiger partial charge in [0, 0.05) is 17.6 Å². The fraction of sp³-hybridized carbons (Fsp3) is 0.0667. The van der Waals surface area contributed by atoms with Crippen molar-refractivity contribution in [2.45, 2.75) is 6.42 Å². The molecule has 0 fully saturated rings. The van der Waals surface area contributed by atoms with Gasteiger partial charge < -0.3 is 4.98 Å². The number of aromatic amines is 1. The van der Waals surface area contributed by atoms with E-state index in [1.54, 1.807) is 0 Å². The summed E-state index contributed by atoms with van der Waals surface area (Å²) in [7, 11) is 0. The molecular formula is C15H12FN. The first kappa shape index (κ1) is 10.1. The van der Waals surface area contributed by atoms with Crippen LogP contribution in [0.1, 0.15) is 11.3 Å². The van der Waals surface area contributed by atoms with Crippen LogP contribution in [0.5, 0.6) is 0 Å². The number of hydrogen-bond acceptors (Lipinski definition) is 0. The number of halogens is 1. The minimum atomic E-state index is -0.189. The predicted molar refractivity (Wildman–Crippen MR) is 67.5 cm³/mol. The van der Waals surface area contributed by atoms with Gasteiger partial charge in [0.2, 0.25) is 0 Å². The van der Waals surface area contributed by atoms with Gasteiger partial charge in [-0.25, -0.2) is 4.39 Å². The number of nitrogens with one attached hydrogen (secondary N) is 1. The number of benzene rings is 2. The summed E-state index contributed by atoms with van der Waals surface area (Å²) >= 11 is 0. The molecular weight excluding hydrogens is 213 g/mol. The zero-order valence-electron chi connectivity index (χ0n) is 9.28. The van der Waals surface area contributed by atoms with E-state index in [4.69, 9.17) is 0 Å². The van der Waals surface area contributed by atoms with E-state index in [0.717, 1.165) is 23.2 Å². The van der Waals surface area contributed by atoms with Gasteiger partial charge in [-0.3, -0.25) is 0 Å². The van der Waals surface area contributed by atoms with Crippen LogP contribution < -0.4 is 0 Å². The van der Waals surface area contributed by atoms with E-state index in [1.807, 2.05) is 24.3 Å². The number of hydrogen-bond donors (Lipinski definition) is 1. The lowest BCUT2D eigenvalue weighted by Crippen LogP contribution is -1.87. The normalized spacial score (nSPS) is 10.9. The summed E-state index contributed by atoms with van der Waals surface area (Å²) in [5.74, 6) is -0.189. The van der Waals surface area contributed by atoms with Crippen LogP contribution in [0.25, 0.3) is 10.9 Å². The van der Waals surface area contributed by atoms with Crippen LogP contribution in [-0.4, -0.2) is 4.98 Å². The zero-order chi connectivity index (χ0) is 11.7. The third kappa shape index (κ3) is 2.07. The summed E-state index contributed by atoms with van der Waals surface area (Å²) in [6.45, 7) is 0. The molecule has 84 valence electrons. The van der Waals surface area contributed by atoms with Crippen molar-refractivity contribution in [1.82, 2.24) is 4.98 Å². The van der Waals surface area contributed by atoms with E-state index in [1.165, 1.54) is 17.5 Å². The highest BCUT2D eigenvalue weighted by Gasteiger charge is 2.01. The molecule has 0 radical (unpaired) electrons. The topological polar surface area (TPSA) is 15.8 Å². The van der Waals surface area contributed by atoms with Crippen LogP contribution in [0.2, 0.25) is 0 Å². The first-order valence-electron chi connectivity index (χ1n) is 5.62. The smallest absolute Gasteiger partial charge is 0.123 e. The van der Waals surface area contributed by atoms with Crippen LogP contribution >= 0.6 is 0 Å². The van der Waals surface area contributed by atoms with Crippen molar-refractivity contribution < 1.29 is 4.39 Å². The molecule has 3 aromatic rings. The standard InChI is InChI=1S/C15H12FN/c16-13-7-5-11(6-8-13)9-14-10-12-3-1-2-4-15(12)17-14/h1-8,10,17H,9H2. The fourth-order valence-corrected chi connectivity index (χ4v) is 2.05. The minimum Gasteiger partial charge on any atom is -0.358 e. The van der Waals surface area contributed by atoms with Gasteiger partial charge in [-0.2, -0.15) is 0 Å². The Labute approximate surface area is 98.9 Å². The fourth-order valence-electron chi connectivity index (χ4n) is 2.05. The van der Waals surface area contributed by atoms with Gasteiger partial charge in [-0.05, 0) is 35.2 Å². The number of fused-ring (bicyclic) bond motifs is 1. The lowest BCUT2D eigenvalue weighted by atomic mass is 10.1. The largest absolute Gasteiger partial charge is 0.358 e. The van der Waals surface area contributed by atoms with Gasteiger partial charge >= 0.3 is 0 Å². The molecule has 0 aliphatic rings. The average Bonchev–Trinajstić information content (AvgIpc) is 2.74. The van der Waals surface area contributed by atoms with E-state index in [-0.39, 0.29) is 5.82 Å². The summed E-state index contributed by atoms with van der Waals surface area (Å²) in [4.78, 5) is 3.36. The maximum absolute atomic E-state index is 12.8. The molecule has 0 aliphatic carbocycles. The average molecular weight is 225 g/mol. The minimum absolute atomic E-state index is 0.189. The first-order chi connectivity index (χ1) is 8.31. The molecule has 0 aliphatic heterocycles. The van der Waals surface area contributed by atoms with E-state index >= 15 is 0 Å². The number of H-pyrrole nitrogens is 1. The lowest BCUT2D eigenvalue weighted by Gasteiger charge is -1.98. The van der Waals surface area contributed by atoms with Crippen molar-refractivity contribution in [3.8, 4) is 0 Å². The van der Waals surface area contributed by atoms with Gasteiger partial charge in [0.25, 0.3) is 0 Å². The second kappa shape index (κ2) is 4.06. The third-order valence-electron chi connectivity index (χ3n) is 2.89. The Kier molecular flexibility index (Phi) is 2.41. The van der Waals surface area contributed by atoms with Gasteiger partial charge in [0.15, 0.2) is 0 Å². The van der Waals surface area contributed by atoms with Gasteiger partial charge in [0.1, 0.15) is 5.82 Å². The highest BCUT2D eigenvalue weighted by molar-refractivity contribution is 5.80. The summed E-state index contributed by atoms with van der Waals surface area (Å²) in [5.41, 5.74) is 3.40. The monoisotopic (exact) mass is 225 g/mol. The van der Waals surface area contributed by atoms with Crippen LogP contribution in [0.15, 0.2) is 54.6 Å². The molecule has 2 aromatic carbocycles. The van der Waals surface area contributed by atoms with E-state index in [9.17, 15) is 4.39 Å². The van der Waals surface area contributed by atoms with Gasteiger partial charge in [0.05, 0.1) is 0 Å². The van der Waals surface area contributed by atoms with Crippen LogP contribution in [0.3, 0.4) is 0 Å². The van der Waals surface area contributed by atoms with Gasteiger partial charge in [-0.1, -0.05) is 30.3 Å². The molecule has 1 aromatic heterocycles. The van der Waals surface area contributed by atoms with Crippen molar-refractivity contribution in [3.05, 3.63) is 71.7 Å². The summed E-state index contributed by atoms with van der Waals surface area (Å²) in [6.07, 6.45) is 0.801.